The monoisotopic (exact) mass is 282 g/mol. The van der Waals surface area contributed by atoms with E-state index in [1.54, 1.807) is 10.7 Å². The normalized spacial score (nSPS) is 10.8. The highest BCUT2D eigenvalue weighted by Gasteiger charge is 2.16. The van der Waals surface area contributed by atoms with Gasteiger partial charge in [-0.3, -0.25) is 0 Å². The van der Waals surface area contributed by atoms with Crippen LogP contribution >= 0.6 is 0 Å². The van der Waals surface area contributed by atoms with Crippen molar-refractivity contribution in [3.8, 4) is 11.3 Å². The van der Waals surface area contributed by atoms with Gasteiger partial charge in [0.25, 0.3) is 11.6 Å². The third kappa shape index (κ3) is 2.24. The number of carbonyl (C=O) groups excluding carboxylic acids is 1. The number of carbonyl (C=O) groups is 1. The van der Waals surface area contributed by atoms with E-state index in [0.29, 0.717) is 5.78 Å². The van der Waals surface area contributed by atoms with Crippen LogP contribution in [0.4, 0.5) is 0 Å². The fourth-order valence-corrected chi connectivity index (χ4v) is 2.19. The largest absolute Gasteiger partial charge is 0.463 e. The van der Waals surface area contributed by atoms with E-state index in [-0.39, 0.29) is 5.82 Å². The summed E-state index contributed by atoms with van der Waals surface area (Å²) in [4.78, 5) is 19.8. The number of aromatic nitrogens is 4. The molecule has 0 fully saturated rings. The Morgan fingerprint density at radius 2 is 2.05 bits per heavy atom. The van der Waals surface area contributed by atoms with Crippen LogP contribution in [-0.2, 0) is 4.74 Å². The molecule has 0 bridgehead atoms. The summed E-state index contributed by atoms with van der Waals surface area (Å²) >= 11 is 0. The van der Waals surface area contributed by atoms with Crippen LogP contribution in [0.25, 0.3) is 17.0 Å². The number of rotatable bonds is 2. The van der Waals surface area contributed by atoms with E-state index < -0.39 is 5.97 Å². The Bertz CT molecular complexity index is 839. The van der Waals surface area contributed by atoms with Gasteiger partial charge in [-0.05, 0) is 31.5 Å². The molecular formula is C15H14N4O2. The van der Waals surface area contributed by atoms with Gasteiger partial charge in [0.2, 0.25) is 0 Å². The maximum absolute atomic E-state index is 11.6. The van der Waals surface area contributed by atoms with E-state index in [1.807, 2.05) is 19.9 Å². The van der Waals surface area contributed by atoms with E-state index >= 15 is 0 Å². The summed E-state index contributed by atoms with van der Waals surface area (Å²) in [6.45, 7) is 4.06. The quantitative estimate of drug-likeness (QED) is 0.674. The smallest absolute Gasteiger partial charge is 0.378 e. The third-order valence-electron chi connectivity index (χ3n) is 3.28. The van der Waals surface area contributed by atoms with Crippen LogP contribution in [-0.4, -0.2) is 32.7 Å². The van der Waals surface area contributed by atoms with Gasteiger partial charge in [-0.2, -0.15) is 9.50 Å². The summed E-state index contributed by atoms with van der Waals surface area (Å²) in [5, 5.41) is 4.20. The molecule has 6 nitrogen and oxygen atoms in total. The number of benzene rings is 1. The lowest BCUT2D eigenvalue weighted by atomic mass is 10.0. The topological polar surface area (TPSA) is 69.4 Å². The fraction of sp³-hybridized carbons (Fsp3) is 0.200. The first-order chi connectivity index (χ1) is 10.1. The van der Waals surface area contributed by atoms with E-state index in [2.05, 4.69) is 38.0 Å². The summed E-state index contributed by atoms with van der Waals surface area (Å²) in [6.07, 6.45) is 1.65. The van der Waals surface area contributed by atoms with E-state index in [0.717, 1.165) is 22.4 Å². The van der Waals surface area contributed by atoms with Gasteiger partial charge in [-0.25, -0.2) is 9.78 Å². The second kappa shape index (κ2) is 4.97. The molecule has 0 amide bonds. The van der Waals surface area contributed by atoms with Gasteiger partial charge in [0.05, 0.1) is 12.8 Å². The lowest BCUT2D eigenvalue weighted by Crippen LogP contribution is -2.04. The highest BCUT2D eigenvalue weighted by Crippen LogP contribution is 2.24. The molecule has 2 heterocycles. The Balaban J connectivity index is 2.25. The number of methoxy groups -OCH3 is 1. The molecule has 0 saturated carbocycles. The number of hydrogen-bond acceptors (Lipinski definition) is 5. The first-order valence-electron chi connectivity index (χ1n) is 6.48. The van der Waals surface area contributed by atoms with Gasteiger partial charge < -0.3 is 4.74 Å². The van der Waals surface area contributed by atoms with E-state index in [4.69, 9.17) is 0 Å². The van der Waals surface area contributed by atoms with Crippen molar-refractivity contribution in [3.63, 3.8) is 0 Å². The summed E-state index contributed by atoms with van der Waals surface area (Å²) in [5.41, 5.74) is 4.13. The molecule has 0 atom stereocenters. The summed E-state index contributed by atoms with van der Waals surface area (Å²) in [7, 11) is 1.30. The molecule has 0 spiro atoms. The van der Waals surface area contributed by atoms with Crippen molar-refractivity contribution in [3.05, 3.63) is 47.4 Å². The van der Waals surface area contributed by atoms with Crippen LogP contribution in [0.5, 0.6) is 0 Å². The van der Waals surface area contributed by atoms with Gasteiger partial charge in [0.1, 0.15) is 0 Å². The standard InChI is InChI=1S/C15H14N4O2/c1-9-4-5-10(2)11(8-9)12-6-7-16-15-17-13(14(20)21-3)18-19(12)15/h4-8H,1-3H3. The number of esters is 1. The molecule has 21 heavy (non-hydrogen) atoms. The molecule has 0 radical (unpaired) electrons. The maximum atomic E-state index is 11.6. The molecule has 0 aliphatic heterocycles. The average Bonchev–Trinajstić information content (AvgIpc) is 2.93. The summed E-state index contributed by atoms with van der Waals surface area (Å²) in [6, 6.07) is 8.03. The van der Waals surface area contributed by atoms with Gasteiger partial charge in [-0.15, -0.1) is 5.10 Å². The van der Waals surface area contributed by atoms with Crippen molar-refractivity contribution in [2.45, 2.75) is 13.8 Å². The molecule has 2 aromatic heterocycles. The van der Waals surface area contributed by atoms with Crippen molar-refractivity contribution in [1.82, 2.24) is 19.6 Å². The minimum absolute atomic E-state index is 0.00255. The Labute approximate surface area is 121 Å². The lowest BCUT2D eigenvalue weighted by Gasteiger charge is -2.08. The van der Waals surface area contributed by atoms with Crippen LogP contribution < -0.4 is 0 Å². The predicted molar refractivity (Wildman–Crippen MR) is 77.0 cm³/mol. The molecule has 0 N–H and O–H groups in total. The Hall–Kier alpha value is -2.76. The molecule has 106 valence electrons. The number of ether oxygens (including phenoxy) is 1. The molecule has 3 rings (SSSR count). The van der Waals surface area contributed by atoms with Crippen LogP contribution in [0.2, 0.25) is 0 Å². The lowest BCUT2D eigenvalue weighted by molar-refractivity contribution is 0.0587. The summed E-state index contributed by atoms with van der Waals surface area (Å²) < 4.78 is 6.21. The highest BCUT2D eigenvalue weighted by atomic mass is 16.5. The average molecular weight is 282 g/mol. The van der Waals surface area contributed by atoms with Gasteiger partial charge in [-0.1, -0.05) is 17.7 Å². The minimum Gasteiger partial charge on any atom is -0.463 e. The predicted octanol–water partition coefficient (Wildman–Crippen LogP) is 2.19. The van der Waals surface area contributed by atoms with Crippen molar-refractivity contribution < 1.29 is 9.53 Å². The fourth-order valence-electron chi connectivity index (χ4n) is 2.19. The third-order valence-corrected chi connectivity index (χ3v) is 3.28. The van der Waals surface area contributed by atoms with Crippen LogP contribution in [0, 0.1) is 13.8 Å². The molecule has 0 saturated heterocycles. The second-order valence-corrected chi connectivity index (χ2v) is 4.79. The van der Waals surface area contributed by atoms with Gasteiger partial charge >= 0.3 is 5.97 Å². The zero-order valence-corrected chi connectivity index (χ0v) is 12.0. The molecule has 0 unspecified atom stereocenters. The van der Waals surface area contributed by atoms with E-state index in [9.17, 15) is 4.79 Å². The molecule has 6 heteroatoms. The molecular weight excluding hydrogens is 268 g/mol. The SMILES string of the molecule is COC(=O)c1nc2nccc(-c3cc(C)ccc3C)n2n1. The molecule has 0 aliphatic carbocycles. The van der Waals surface area contributed by atoms with Crippen molar-refractivity contribution >= 4 is 11.7 Å². The van der Waals surface area contributed by atoms with Crippen molar-refractivity contribution in [1.29, 1.82) is 0 Å². The van der Waals surface area contributed by atoms with Crippen molar-refractivity contribution in [2.75, 3.05) is 7.11 Å². The Kier molecular flexibility index (Phi) is 3.13. The highest BCUT2D eigenvalue weighted by molar-refractivity contribution is 5.85. The number of hydrogen-bond donors (Lipinski definition) is 0. The Morgan fingerprint density at radius 3 is 2.81 bits per heavy atom. The van der Waals surface area contributed by atoms with Crippen LogP contribution in [0.3, 0.4) is 0 Å². The van der Waals surface area contributed by atoms with E-state index in [1.165, 1.54) is 7.11 Å². The van der Waals surface area contributed by atoms with Crippen LogP contribution in [0.15, 0.2) is 30.5 Å². The first kappa shape index (κ1) is 13.2. The summed E-state index contributed by atoms with van der Waals surface area (Å²) in [5.74, 6) is -0.205. The molecule has 1 aromatic carbocycles. The Morgan fingerprint density at radius 1 is 1.24 bits per heavy atom. The first-order valence-corrected chi connectivity index (χ1v) is 6.48. The van der Waals surface area contributed by atoms with Gasteiger partial charge in [0, 0.05) is 11.8 Å². The van der Waals surface area contributed by atoms with Gasteiger partial charge in [0.15, 0.2) is 0 Å². The van der Waals surface area contributed by atoms with Crippen molar-refractivity contribution in [2.24, 2.45) is 0 Å². The van der Waals surface area contributed by atoms with Crippen LogP contribution in [0.1, 0.15) is 21.7 Å². The molecule has 0 aliphatic rings. The number of aryl methyl sites for hydroxylation is 2. The maximum Gasteiger partial charge on any atom is 0.378 e. The second-order valence-electron chi connectivity index (χ2n) is 4.79. The molecule has 3 aromatic rings. The minimum atomic E-state index is -0.576. The number of nitrogens with zero attached hydrogens (tertiary/aromatic N) is 4. The zero-order chi connectivity index (χ0) is 15.0. The zero-order valence-electron chi connectivity index (χ0n) is 12.0. The number of fused-ring (bicyclic) bond motifs is 1.